The first-order valence-electron chi connectivity index (χ1n) is 4.73. The topological polar surface area (TPSA) is 87.3 Å². The zero-order chi connectivity index (χ0) is 13.2. The van der Waals surface area contributed by atoms with Crippen molar-refractivity contribution in [3.05, 3.63) is 20.8 Å². The van der Waals surface area contributed by atoms with Crippen LogP contribution in [0.5, 0.6) is 0 Å². The van der Waals surface area contributed by atoms with Gasteiger partial charge in [0.25, 0.3) is 0 Å². The van der Waals surface area contributed by atoms with Crippen LogP contribution in [-0.4, -0.2) is 27.8 Å². The molecule has 0 radical (unpaired) electrons. The molecule has 0 aromatic carbocycles. The quantitative estimate of drug-likeness (QED) is 0.480. The van der Waals surface area contributed by atoms with Gasteiger partial charge in [-0.05, 0) is 34.7 Å². The molecule has 0 bridgehead atoms. The Morgan fingerprint density at radius 3 is 2.71 bits per heavy atom. The van der Waals surface area contributed by atoms with Crippen LogP contribution in [0.4, 0.5) is 5.82 Å². The second-order valence-corrected chi connectivity index (χ2v) is 4.99. The number of ether oxygens (including phenoxy) is 1. The zero-order valence-corrected chi connectivity index (χ0v) is 11.2. The van der Waals surface area contributed by atoms with E-state index < -0.39 is 16.3 Å². The summed E-state index contributed by atoms with van der Waals surface area (Å²) >= 11 is 3.04. The van der Waals surface area contributed by atoms with E-state index in [1.807, 2.05) is 0 Å². The maximum Gasteiger partial charge on any atom is 0.404 e. The smallest absolute Gasteiger partial charge is 0.404 e. The molecule has 17 heavy (non-hydrogen) atoms. The highest BCUT2D eigenvalue weighted by Gasteiger charge is 2.32. The van der Waals surface area contributed by atoms with E-state index >= 15 is 0 Å². The molecule has 1 heterocycles. The van der Waals surface area contributed by atoms with Gasteiger partial charge in [0.05, 0.1) is 30.4 Å². The summed E-state index contributed by atoms with van der Waals surface area (Å²) in [7, 11) is 1.30. The van der Waals surface area contributed by atoms with E-state index in [4.69, 9.17) is 0 Å². The first-order chi connectivity index (χ1) is 7.77. The van der Waals surface area contributed by atoms with Gasteiger partial charge in [-0.2, -0.15) is 4.68 Å². The van der Waals surface area contributed by atoms with E-state index in [9.17, 15) is 14.9 Å². The molecular formula is C9H12BrN3O4. The maximum atomic E-state index is 11.5. The molecule has 7 nitrogen and oxygen atoms in total. The highest BCUT2D eigenvalue weighted by Crippen LogP contribution is 2.25. The second-order valence-electron chi connectivity index (χ2n) is 4.13. The van der Waals surface area contributed by atoms with Crippen molar-refractivity contribution in [2.24, 2.45) is 5.41 Å². The van der Waals surface area contributed by atoms with E-state index in [1.165, 1.54) is 18.0 Å². The van der Waals surface area contributed by atoms with Crippen molar-refractivity contribution in [1.82, 2.24) is 9.78 Å². The number of rotatable bonds is 4. The van der Waals surface area contributed by atoms with Crippen LogP contribution in [-0.2, 0) is 16.1 Å². The summed E-state index contributed by atoms with van der Waals surface area (Å²) in [5.41, 5.74) is -0.798. The van der Waals surface area contributed by atoms with Crippen molar-refractivity contribution in [1.29, 1.82) is 0 Å². The maximum absolute atomic E-state index is 11.5. The highest BCUT2D eigenvalue weighted by atomic mass is 79.9. The lowest BCUT2D eigenvalue weighted by atomic mass is 9.94. The van der Waals surface area contributed by atoms with E-state index in [2.05, 4.69) is 25.8 Å². The number of hydrogen-bond acceptors (Lipinski definition) is 5. The first kappa shape index (κ1) is 13.6. The molecule has 1 aromatic heterocycles. The van der Waals surface area contributed by atoms with Gasteiger partial charge in [-0.3, -0.25) is 4.79 Å². The Morgan fingerprint density at radius 1 is 1.71 bits per heavy atom. The molecule has 0 spiro atoms. The SMILES string of the molecule is COC(=O)C(C)(C)Cn1cc(Br)c([N+](=O)[O-])n1. The van der Waals surface area contributed by atoms with E-state index in [-0.39, 0.29) is 16.8 Å². The molecule has 0 N–H and O–H groups in total. The Kier molecular flexibility index (Phi) is 3.87. The third-order valence-electron chi connectivity index (χ3n) is 2.17. The monoisotopic (exact) mass is 305 g/mol. The number of esters is 1. The molecule has 0 fully saturated rings. The van der Waals surface area contributed by atoms with Crippen molar-refractivity contribution >= 4 is 27.7 Å². The predicted octanol–water partition coefficient (Wildman–Crippen LogP) is 1.75. The fourth-order valence-electron chi connectivity index (χ4n) is 1.34. The Bertz CT molecular complexity index is 455. The molecule has 0 aliphatic carbocycles. The number of carbonyl (C=O) groups is 1. The van der Waals surface area contributed by atoms with Gasteiger partial charge in [0.1, 0.15) is 4.47 Å². The third kappa shape index (κ3) is 3.02. The lowest BCUT2D eigenvalue weighted by molar-refractivity contribution is -0.390. The second kappa shape index (κ2) is 4.82. The van der Waals surface area contributed by atoms with Crippen LogP contribution in [0, 0.1) is 15.5 Å². The minimum Gasteiger partial charge on any atom is -0.469 e. The number of nitro groups is 1. The molecule has 0 aliphatic rings. The lowest BCUT2D eigenvalue weighted by Gasteiger charge is -2.19. The number of halogens is 1. The predicted molar refractivity (Wildman–Crippen MR) is 62.4 cm³/mol. The first-order valence-corrected chi connectivity index (χ1v) is 5.53. The Labute approximate surface area is 106 Å². The van der Waals surface area contributed by atoms with Crippen LogP contribution in [0.25, 0.3) is 0 Å². The highest BCUT2D eigenvalue weighted by molar-refractivity contribution is 9.10. The minimum atomic E-state index is -0.798. The van der Waals surface area contributed by atoms with E-state index in [1.54, 1.807) is 13.8 Å². The minimum absolute atomic E-state index is 0.201. The van der Waals surface area contributed by atoms with Gasteiger partial charge < -0.3 is 14.9 Å². The van der Waals surface area contributed by atoms with Gasteiger partial charge in [0.2, 0.25) is 0 Å². The van der Waals surface area contributed by atoms with Gasteiger partial charge in [0, 0.05) is 0 Å². The molecule has 0 saturated heterocycles. The van der Waals surface area contributed by atoms with Crippen LogP contribution < -0.4 is 0 Å². The lowest BCUT2D eigenvalue weighted by Crippen LogP contribution is -2.30. The molecule has 0 saturated carbocycles. The standard InChI is InChI=1S/C9H12BrN3O4/c1-9(2,8(14)17-3)5-12-4-6(10)7(11-12)13(15)16/h4H,5H2,1-3H3. The van der Waals surface area contributed by atoms with Gasteiger partial charge in [-0.1, -0.05) is 0 Å². The van der Waals surface area contributed by atoms with Gasteiger partial charge in [-0.25, -0.2) is 0 Å². The van der Waals surface area contributed by atoms with Crippen LogP contribution in [0.15, 0.2) is 10.7 Å². The summed E-state index contributed by atoms with van der Waals surface area (Å²) in [6.07, 6.45) is 1.46. The zero-order valence-electron chi connectivity index (χ0n) is 9.64. The van der Waals surface area contributed by atoms with Gasteiger partial charge >= 0.3 is 11.8 Å². The summed E-state index contributed by atoms with van der Waals surface area (Å²) in [6, 6.07) is 0. The van der Waals surface area contributed by atoms with Gasteiger partial charge in [-0.15, -0.1) is 0 Å². The van der Waals surface area contributed by atoms with Crippen LogP contribution >= 0.6 is 15.9 Å². The molecule has 1 rings (SSSR count). The summed E-state index contributed by atoms with van der Waals surface area (Å²) in [5.74, 6) is -0.669. The number of hydrogen-bond donors (Lipinski definition) is 0. The molecule has 8 heteroatoms. The molecule has 1 aromatic rings. The largest absolute Gasteiger partial charge is 0.469 e. The fourth-order valence-corrected chi connectivity index (χ4v) is 1.80. The molecule has 0 amide bonds. The summed E-state index contributed by atoms with van der Waals surface area (Å²) in [5, 5.41) is 14.4. The van der Waals surface area contributed by atoms with Crippen molar-refractivity contribution in [2.75, 3.05) is 7.11 Å². The molecule has 0 atom stereocenters. The van der Waals surface area contributed by atoms with Crippen molar-refractivity contribution in [3.8, 4) is 0 Å². The van der Waals surface area contributed by atoms with Crippen molar-refractivity contribution < 1.29 is 14.5 Å². The van der Waals surface area contributed by atoms with Crippen LogP contribution in [0.3, 0.4) is 0 Å². The van der Waals surface area contributed by atoms with Crippen LogP contribution in [0.1, 0.15) is 13.8 Å². The number of carbonyl (C=O) groups excluding carboxylic acids is 1. The van der Waals surface area contributed by atoms with Crippen molar-refractivity contribution in [3.63, 3.8) is 0 Å². The molecule has 0 aliphatic heterocycles. The van der Waals surface area contributed by atoms with Crippen LogP contribution in [0.2, 0.25) is 0 Å². The summed E-state index contributed by atoms with van der Waals surface area (Å²) < 4.78 is 6.27. The summed E-state index contributed by atoms with van der Waals surface area (Å²) in [6.45, 7) is 3.56. The normalized spacial score (nSPS) is 11.3. The van der Waals surface area contributed by atoms with Crippen molar-refractivity contribution in [2.45, 2.75) is 20.4 Å². The average molecular weight is 306 g/mol. The van der Waals surface area contributed by atoms with E-state index in [0.29, 0.717) is 0 Å². The Balaban J connectivity index is 2.93. The number of nitrogens with zero attached hydrogens (tertiary/aromatic N) is 3. The number of methoxy groups -OCH3 is 1. The van der Waals surface area contributed by atoms with E-state index in [0.717, 1.165) is 0 Å². The molecular weight excluding hydrogens is 294 g/mol. The Morgan fingerprint density at radius 2 is 2.29 bits per heavy atom. The molecule has 94 valence electrons. The summed E-state index contributed by atoms with van der Waals surface area (Å²) in [4.78, 5) is 21.5. The Hall–Kier alpha value is -1.44. The molecule has 0 unspecified atom stereocenters. The fraction of sp³-hybridized carbons (Fsp3) is 0.556. The number of aromatic nitrogens is 2. The average Bonchev–Trinajstić information content (AvgIpc) is 2.57. The van der Waals surface area contributed by atoms with Gasteiger partial charge in [0.15, 0.2) is 0 Å². The third-order valence-corrected chi connectivity index (χ3v) is 2.73.